The topological polar surface area (TPSA) is 130 Å². The quantitative estimate of drug-likeness (QED) is 0.372. The number of amides is 1. The summed E-state index contributed by atoms with van der Waals surface area (Å²) in [6, 6.07) is 9.31. The predicted octanol–water partition coefficient (Wildman–Crippen LogP) is 2.29. The molecule has 3 rings (SSSR count). The van der Waals surface area contributed by atoms with E-state index in [1.165, 1.54) is 6.21 Å². The molecular weight excluding hydrogens is 404 g/mol. The van der Waals surface area contributed by atoms with Crippen LogP contribution >= 0.6 is 0 Å². The van der Waals surface area contributed by atoms with Crippen LogP contribution in [0.2, 0.25) is 0 Å². The molecule has 0 spiro atoms. The molecule has 2 aromatic rings. The fourth-order valence-corrected chi connectivity index (χ4v) is 3.42. The number of anilines is 1. The van der Waals surface area contributed by atoms with Crippen LogP contribution in [0, 0.1) is 23.7 Å². The highest BCUT2D eigenvalue weighted by molar-refractivity contribution is 5.94. The largest absolute Gasteiger partial charge is 0.386 e. The van der Waals surface area contributed by atoms with Gasteiger partial charge in [-0.1, -0.05) is 12.1 Å². The number of carbonyl (C=O) groups is 1. The molecule has 1 fully saturated rings. The third-order valence-electron chi connectivity index (χ3n) is 5.32. The molecule has 166 valence electrons. The highest BCUT2D eigenvalue weighted by atomic mass is 16.1. The second-order valence-electron chi connectivity index (χ2n) is 7.76. The molecule has 0 aliphatic carbocycles. The molecule has 1 saturated heterocycles. The number of benzene rings is 1. The van der Waals surface area contributed by atoms with Crippen LogP contribution in [0.15, 0.2) is 42.4 Å². The van der Waals surface area contributed by atoms with Crippen molar-refractivity contribution in [1.29, 1.82) is 10.7 Å². The molecule has 2 heterocycles. The number of piperidine rings is 1. The average molecular weight is 433 g/mol. The van der Waals surface area contributed by atoms with E-state index in [2.05, 4.69) is 37.9 Å². The van der Waals surface area contributed by atoms with Gasteiger partial charge in [-0.25, -0.2) is 9.97 Å². The maximum absolute atomic E-state index is 12.0. The molecule has 9 nitrogen and oxygen atoms in total. The van der Waals surface area contributed by atoms with Crippen molar-refractivity contribution >= 4 is 18.1 Å². The Bertz CT molecular complexity index is 1020. The Morgan fingerprint density at radius 3 is 2.69 bits per heavy atom. The number of nitriles is 1. The molecule has 4 N–H and O–H groups in total. The number of nitrogens with zero attached hydrogens (tertiary/aromatic N) is 4. The van der Waals surface area contributed by atoms with E-state index >= 15 is 0 Å². The number of allylic oxidation sites excluding steroid dienone is 1. The zero-order chi connectivity index (χ0) is 22.9. The van der Waals surface area contributed by atoms with Crippen LogP contribution in [0.1, 0.15) is 28.8 Å². The minimum Gasteiger partial charge on any atom is -0.386 e. The fraction of sp³-hybridized carbons (Fsp3) is 0.348. The van der Waals surface area contributed by atoms with Gasteiger partial charge in [0.05, 0.1) is 17.5 Å². The Labute approximate surface area is 188 Å². The minimum absolute atomic E-state index is 0.0316. The van der Waals surface area contributed by atoms with Crippen LogP contribution in [-0.2, 0) is 0 Å². The molecule has 1 aliphatic heterocycles. The second-order valence-corrected chi connectivity index (χ2v) is 7.76. The van der Waals surface area contributed by atoms with Crippen molar-refractivity contribution in [2.24, 2.45) is 0 Å². The van der Waals surface area contributed by atoms with Gasteiger partial charge in [-0.3, -0.25) is 4.79 Å². The van der Waals surface area contributed by atoms with E-state index in [4.69, 9.17) is 10.7 Å². The molecule has 1 aromatic heterocycles. The van der Waals surface area contributed by atoms with Crippen molar-refractivity contribution in [2.75, 3.05) is 32.0 Å². The van der Waals surface area contributed by atoms with Crippen molar-refractivity contribution in [3.63, 3.8) is 0 Å². The van der Waals surface area contributed by atoms with E-state index in [0.717, 1.165) is 42.8 Å². The molecule has 1 amide bonds. The van der Waals surface area contributed by atoms with Gasteiger partial charge in [-0.05, 0) is 57.6 Å². The summed E-state index contributed by atoms with van der Waals surface area (Å²) in [6.07, 6.45) is 6.89. The van der Waals surface area contributed by atoms with Crippen molar-refractivity contribution in [2.45, 2.75) is 25.8 Å². The van der Waals surface area contributed by atoms with Gasteiger partial charge in [-0.2, -0.15) is 5.26 Å². The van der Waals surface area contributed by atoms with Crippen LogP contribution in [0.3, 0.4) is 0 Å². The number of hydrogen-bond acceptors (Lipinski definition) is 8. The summed E-state index contributed by atoms with van der Waals surface area (Å²) in [6.45, 7) is 4.00. The van der Waals surface area contributed by atoms with Crippen LogP contribution < -0.4 is 16.0 Å². The first-order valence-electron chi connectivity index (χ1n) is 10.5. The highest BCUT2D eigenvalue weighted by Gasteiger charge is 2.15. The summed E-state index contributed by atoms with van der Waals surface area (Å²) in [5, 5.41) is 25.3. The van der Waals surface area contributed by atoms with E-state index in [1.54, 1.807) is 24.5 Å². The Morgan fingerprint density at radius 1 is 1.31 bits per heavy atom. The predicted molar refractivity (Wildman–Crippen MR) is 124 cm³/mol. The van der Waals surface area contributed by atoms with Gasteiger partial charge in [0.1, 0.15) is 6.54 Å². The van der Waals surface area contributed by atoms with Crippen molar-refractivity contribution in [1.82, 2.24) is 25.5 Å². The maximum Gasteiger partial charge on any atom is 0.252 e. The summed E-state index contributed by atoms with van der Waals surface area (Å²) < 4.78 is 0. The molecule has 0 radical (unpaired) electrons. The second kappa shape index (κ2) is 11.0. The van der Waals surface area contributed by atoms with Crippen molar-refractivity contribution in [3.8, 4) is 17.3 Å². The van der Waals surface area contributed by atoms with E-state index < -0.39 is 0 Å². The molecule has 1 aromatic carbocycles. The van der Waals surface area contributed by atoms with E-state index in [1.807, 2.05) is 25.1 Å². The molecule has 0 saturated carbocycles. The number of nitrogens with one attached hydrogen (secondary N) is 4. The average Bonchev–Trinajstić information content (AvgIpc) is 2.82. The number of aryl methyl sites for hydroxylation is 1. The van der Waals surface area contributed by atoms with Crippen molar-refractivity contribution in [3.05, 3.63) is 53.5 Å². The first-order valence-corrected chi connectivity index (χ1v) is 10.5. The van der Waals surface area contributed by atoms with Crippen LogP contribution in [0.4, 0.5) is 5.95 Å². The van der Waals surface area contributed by atoms with Crippen LogP contribution in [0.25, 0.3) is 11.3 Å². The third kappa shape index (κ3) is 6.12. The maximum atomic E-state index is 12.0. The zero-order valence-electron chi connectivity index (χ0n) is 18.4. The summed E-state index contributed by atoms with van der Waals surface area (Å²) in [5.74, 6) is 0.0964. The molecular formula is C23H28N8O. The Morgan fingerprint density at radius 2 is 2.03 bits per heavy atom. The Kier molecular flexibility index (Phi) is 7.89. The summed E-state index contributed by atoms with van der Waals surface area (Å²) in [4.78, 5) is 23.3. The van der Waals surface area contributed by atoms with Gasteiger partial charge in [-0.15, -0.1) is 0 Å². The van der Waals surface area contributed by atoms with Gasteiger partial charge >= 0.3 is 0 Å². The molecule has 0 atom stereocenters. The van der Waals surface area contributed by atoms with Gasteiger partial charge < -0.3 is 26.3 Å². The number of hydrogen-bond donors (Lipinski definition) is 4. The molecule has 9 heteroatoms. The minimum atomic E-state index is -0.294. The fourth-order valence-electron chi connectivity index (χ4n) is 3.42. The summed E-state index contributed by atoms with van der Waals surface area (Å²) in [5.41, 5.74) is 3.52. The monoisotopic (exact) mass is 432 g/mol. The molecule has 32 heavy (non-hydrogen) atoms. The molecule has 1 aliphatic rings. The smallest absolute Gasteiger partial charge is 0.252 e. The number of aromatic nitrogens is 2. The van der Waals surface area contributed by atoms with Gasteiger partial charge in [0.25, 0.3) is 5.91 Å². The normalized spacial score (nSPS) is 15.0. The lowest BCUT2D eigenvalue weighted by Crippen LogP contribution is -2.39. The Hall–Kier alpha value is -3.77. The summed E-state index contributed by atoms with van der Waals surface area (Å²) in [7, 11) is 2.13. The van der Waals surface area contributed by atoms with E-state index in [9.17, 15) is 4.79 Å². The molecule has 0 unspecified atom stereocenters. The summed E-state index contributed by atoms with van der Waals surface area (Å²) >= 11 is 0. The first kappa shape index (κ1) is 22.9. The lowest BCUT2D eigenvalue weighted by Gasteiger charge is -2.29. The first-order chi connectivity index (χ1) is 15.5. The van der Waals surface area contributed by atoms with Gasteiger partial charge in [0.15, 0.2) is 0 Å². The number of carbonyl (C=O) groups excluding carboxylic acids is 1. The third-order valence-corrected chi connectivity index (χ3v) is 5.32. The van der Waals surface area contributed by atoms with Gasteiger partial charge in [0.2, 0.25) is 5.95 Å². The standard InChI is InChI=1S/C23H28N8O/c1-16-14-28-23(29-20(13-25)15-27-19-7-11-31(2)12-8-19)30-21(16)17-3-5-18(6-4-17)22(32)26-10-9-24/h3-6,13-15,19,25,27H,7-8,10-12H2,1-2H3,(H,26,32)(H,28,29,30)/b20-15+,25-13?. The SMILES string of the molecule is Cc1cnc(N/C(C=N)=C/NC2CCN(C)CC2)nc1-c1ccc(C(=O)NCC#N)cc1. The van der Waals surface area contributed by atoms with Crippen LogP contribution in [-0.4, -0.2) is 59.7 Å². The van der Waals surface area contributed by atoms with Crippen LogP contribution in [0.5, 0.6) is 0 Å². The van der Waals surface area contributed by atoms with Crippen molar-refractivity contribution < 1.29 is 4.79 Å². The molecule has 0 bridgehead atoms. The van der Waals surface area contributed by atoms with Gasteiger partial charge in [0, 0.05) is 35.8 Å². The lowest BCUT2D eigenvalue weighted by molar-refractivity contribution is 0.0958. The van der Waals surface area contributed by atoms with E-state index in [-0.39, 0.29) is 12.5 Å². The highest BCUT2D eigenvalue weighted by Crippen LogP contribution is 2.22. The zero-order valence-corrected chi connectivity index (χ0v) is 18.4. The van der Waals surface area contributed by atoms with E-state index in [0.29, 0.717) is 23.3 Å². The Balaban J connectivity index is 1.70. The lowest BCUT2D eigenvalue weighted by atomic mass is 10.1. The number of rotatable bonds is 8. The number of likely N-dealkylation sites (tertiary alicyclic amines) is 1.